The molecule has 1 aromatic carbocycles. The van der Waals surface area contributed by atoms with Crippen LogP contribution >= 0.6 is 11.6 Å². The Morgan fingerprint density at radius 1 is 1.35 bits per heavy atom. The lowest BCUT2D eigenvalue weighted by atomic mass is 10.1. The SMILES string of the molecule is COCC(O)CN(C)C(C)c1nc(Cc2ccc(Cl)cc2)no1. The van der Waals surface area contributed by atoms with Crippen LogP contribution in [0.25, 0.3) is 0 Å². The number of aliphatic hydroxyl groups is 1. The maximum absolute atomic E-state index is 9.79. The Balaban J connectivity index is 1.96. The van der Waals surface area contributed by atoms with Gasteiger partial charge in [-0.2, -0.15) is 4.98 Å². The number of hydrogen-bond acceptors (Lipinski definition) is 6. The number of halogens is 1. The van der Waals surface area contributed by atoms with E-state index < -0.39 is 6.10 Å². The van der Waals surface area contributed by atoms with Gasteiger partial charge in [0.15, 0.2) is 5.82 Å². The highest BCUT2D eigenvalue weighted by Gasteiger charge is 2.21. The predicted octanol–water partition coefficient (Wildman–Crippen LogP) is 2.31. The molecule has 0 bridgehead atoms. The highest BCUT2D eigenvalue weighted by molar-refractivity contribution is 6.30. The Morgan fingerprint density at radius 3 is 2.70 bits per heavy atom. The zero-order valence-corrected chi connectivity index (χ0v) is 14.3. The van der Waals surface area contributed by atoms with Gasteiger partial charge in [0.2, 0.25) is 5.89 Å². The summed E-state index contributed by atoms with van der Waals surface area (Å²) in [6.07, 6.45) is 0.0348. The molecule has 2 unspecified atom stereocenters. The first-order chi connectivity index (χ1) is 11.0. The highest BCUT2D eigenvalue weighted by atomic mass is 35.5. The molecule has 2 rings (SSSR count). The van der Waals surface area contributed by atoms with Gasteiger partial charge >= 0.3 is 0 Å². The molecule has 23 heavy (non-hydrogen) atoms. The summed E-state index contributed by atoms with van der Waals surface area (Å²) in [4.78, 5) is 6.38. The molecule has 1 heterocycles. The number of ether oxygens (including phenoxy) is 1. The first-order valence-electron chi connectivity index (χ1n) is 7.43. The van der Waals surface area contributed by atoms with Crippen LogP contribution < -0.4 is 0 Å². The van der Waals surface area contributed by atoms with Crippen molar-refractivity contribution in [2.75, 3.05) is 27.3 Å². The van der Waals surface area contributed by atoms with Crippen molar-refractivity contribution in [3.05, 3.63) is 46.6 Å². The number of methoxy groups -OCH3 is 1. The van der Waals surface area contributed by atoms with E-state index in [2.05, 4.69) is 10.1 Å². The van der Waals surface area contributed by atoms with Crippen LogP contribution in [0, 0.1) is 0 Å². The molecular formula is C16H22ClN3O3. The van der Waals surface area contributed by atoms with Gasteiger partial charge in [-0.25, -0.2) is 0 Å². The van der Waals surface area contributed by atoms with E-state index in [1.54, 1.807) is 7.11 Å². The van der Waals surface area contributed by atoms with Crippen LogP contribution in [0.1, 0.15) is 30.2 Å². The van der Waals surface area contributed by atoms with E-state index in [4.69, 9.17) is 20.9 Å². The third-order valence-corrected chi connectivity index (χ3v) is 3.89. The van der Waals surface area contributed by atoms with Crippen molar-refractivity contribution in [1.29, 1.82) is 0 Å². The molecule has 7 heteroatoms. The van der Waals surface area contributed by atoms with Crippen LogP contribution in [0.5, 0.6) is 0 Å². The lowest BCUT2D eigenvalue weighted by Gasteiger charge is -2.23. The van der Waals surface area contributed by atoms with Gasteiger partial charge in [-0.1, -0.05) is 28.9 Å². The van der Waals surface area contributed by atoms with Crippen LogP contribution in [0.15, 0.2) is 28.8 Å². The number of aliphatic hydroxyl groups excluding tert-OH is 1. The molecule has 0 radical (unpaired) electrons. The van der Waals surface area contributed by atoms with Crippen molar-refractivity contribution < 1.29 is 14.4 Å². The van der Waals surface area contributed by atoms with E-state index in [1.807, 2.05) is 43.1 Å². The second kappa shape index (κ2) is 8.40. The zero-order valence-electron chi connectivity index (χ0n) is 13.6. The molecule has 2 aromatic rings. The molecule has 0 fully saturated rings. The average molecular weight is 340 g/mol. The molecule has 0 saturated carbocycles. The van der Waals surface area contributed by atoms with E-state index in [-0.39, 0.29) is 6.04 Å². The molecule has 6 nitrogen and oxygen atoms in total. The molecule has 0 aliphatic heterocycles. The molecule has 126 valence electrons. The van der Waals surface area contributed by atoms with Gasteiger partial charge in [0.25, 0.3) is 0 Å². The van der Waals surface area contributed by atoms with Crippen LogP contribution in [-0.4, -0.2) is 53.6 Å². The normalized spacial score (nSPS) is 14.2. The predicted molar refractivity (Wildman–Crippen MR) is 87.5 cm³/mol. The van der Waals surface area contributed by atoms with Gasteiger partial charge in [0, 0.05) is 25.1 Å². The molecule has 0 amide bonds. The second-order valence-electron chi connectivity index (χ2n) is 5.58. The fraction of sp³-hybridized carbons (Fsp3) is 0.500. The number of nitrogens with zero attached hydrogens (tertiary/aromatic N) is 3. The first-order valence-corrected chi connectivity index (χ1v) is 7.81. The minimum Gasteiger partial charge on any atom is -0.389 e. The van der Waals surface area contributed by atoms with Gasteiger partial charge < -0.3 is 14.4 Å². The number of hydrogen-bond donors (Lipinski definition) is 1. The summed E-state index contributed by atoms with van der Waals surface area (Å²) in [5, 5.41) is 14.5. The Morgan fingerprint density at radius 2 is 2.04 bits per heavy atom. The summed E-state index contributed by atoms with van der Waals surface area (Å²) in [6.45, 7) is 2.71. The Hall–Kier alpha value is -1.47. The summed E-state index contributed by atoms with van der Waals surface area (Å²) in [5.74, 6) is 1.15. The van der Waals surface area contributed by atoms with Crippen molar-refractivity contribution in [3.63, 3.8) is 0 Å². The largest absolute Gasteiger partial charge is 0.389 e. The molecule has 2 atom stereocenters. The van der Waals surface area contributed by atoms with Crippen LogP contribution in [0.2, 0.25) is 5.02 Å². The quantitative estimate of drug-likeness (QED) is 0.795. The van der Waals surface area contributed by atoms with Crippen molar-refractivity contribution >= 4 is 11.6 Å². The summed E-state index contributed by atoms with van der Waals surface area (Å²) < 4.78 is 10.3. The van der Waals surface area contributed by atoms with Gasteiger partial charge in [0.1, 0.15) is 0 Å². The number of benzene rings is 1. The fourth-order valence-electron chi connectivity index (χ4n) is 2.22. The van der Waals surface area contributed by atoms with E-state index in [0.717, 1.165) is 5.56 Å². The van der Waals surface area contributed by atoms with E-state index in [1.165, 1.54) is 0 Å². The third-order valence-electron chi connectivity index (χ3n) is 3.64. The van der Waals surface area contributed by atoms with Gasteiger partial charge in [-0.05, 0) is 31.7 Å². The van der Waals surface area contributed by atoms with Crippen LogP contribution in [0.4, 0.5) is 0 Å². The number of aromatic nitrogens is 2. The summed E-state index contributed by atoms with van der Waals surface area (Å²) in [5.41, 5.74) is 1.07. The van der Waals surface area contributed by atoms with Crippen molar-refractivity contribution in [2.45, 2.75) is 25.5 Å². The topological polar surface area (TPSA) is 71.6 Å². The van der Waals surface area contributed by atoms with E-state index in [0.29, 0.717) is 36.3 Å². The van der Waals surface area contributed by atoms with Crippen LogP contribution in [0.3, 0.4) is 0 Å². The van der Waals surface area contributed by atoms with Crippen molar-refractivity contribution in [2.24, 2.45) is 0 Å². The molecule has 0 aliphatic rings. The van der Waals surface area contributed by atoms with Crippen molar-refractivity contribution in [3.8, 4) is 0 Å². The lowest BCUT2D eigenvalue weighted by molar-refractivity contribution is 0.0325. The van der Waals surface area contributed by atoms with Gasteiger partial charge in [-0.3, -0.25) is 4.90 Å². The fourth-order valence-corrected chi connectivity index (χ4v) is 2.34. The highest BCUT2D eigenvalue weighted by Crippen LogP contribution is 2.18. The summed E-state index contributed by atoms with van der Waals surface area (Å²) in [6, 6.07) is 7.47. The van der Waals surface area contributed by atoms with E-state index >= 15 is 0 Å². The van der Waals surface area contributed by atoms with Gasteiger partial charge in [-0.15, -0.1) is 0 Å². The standard InChI is InChI=1S/C16H22ClN3O3/c1-11(20(2)9-14(21)10-22-3)16-18-15(19-23-16)8-12-4-6-13(17)7-5-12/h4-7,11,14,21H,8-10H2,1-3H3. The molecular weight excluding hydrogens is 318 g/mol. The Bertz CT molecular complexity index is 603. The number of rotatable bonds is 8. The van der Waals surface area contributed by atoms with Gasteiger partial charge in [0.05, 0.1) is 18.8 Å². The van der Waals surface area contributed by atoms with E-state index in [9.17, 15) is 5.11 Å². The molecule has 0 saturated heterocycles. The monoisotopic (exact) mass is 339 g/mol. The molecule has 1 aromatic heterocycles. The molecule has 1 N–H and O–H groups in total. The average Bonchev–Trinajstić information content (AvgIpc) is 2.97. The second-order valence-corrected chi connectivity index (χ2v) is 6.01. The molecule has 0 aliphatic carbocycles. The summed E-state index contributed by atoms with van der Waals surface area (Å²) in [7, 11) is 3.46. The van der Waals surface area contributed by atoms with Crippen LogP contribution in [-0.2, 0) is 11.2 Å². The Kier molecular flexibility index (Phi) is 6.53. The maximum atomic E-state index is 9.79. The summed E-state index contributed by atoms with van der Waals surface area (Å²) >= 11 is 5.87. The Labute approximate surface area is 141 Å². The third kappa shape index (κ3) is 5.28. The minimum absolute atomic E-state index is 0.0898. The minimum atomic E-state index is -0.552. The maximum Gasteiger partial charge on any atom is 0.243 e. The number of likely N-dealkylation sites (N-methyl/N-ethyl adjacent to an activating group) is 1. The lowest BCUT2D eigenvalue weighted by Crippen LogP contribution is -2.33. The first kappa shape index (κ1) is 17.9. The zero-order chi connectivity index (χ0) is 16.8. The molecule has 0 spiro atoms. The van der Waals surface area contributed by atoms with Crippen molar-refractivity contribution in [1.82, 2.24) is 15.0 Å². The smallest absolute Gasteiger partial charge is 0.243 e.